The Morgan fingerprint density at radius 2 is 1.42 bits per heavy atom. The van der Waals surface area contributed by atoms with Crippen LogP contribution in [0.15, 0.2) is 0 Å². The maximum atomic E-state index is 10.6. The zero-order valence-corrected chi connectivity index (χ0v) is 24.2. The van der Waals surface area contributed by atoms with E-state index in [0.29, 0.717) is 23.4 Å². The van der Waals surface area contributed by atoms with Gasteiger partial charge in [0.25, 0.3) is 0 Å². The average Bonchev–Trinajstić information content (AvgIpc) is 2.57. The van der Waals surface area contributed by atoms with Crippen molar-refractivity contribution in [1.82, 2.24) is 0 Å². The van der Waals surface area contributed by atoms with Crippen molar-refractivity contribution >= 4 is 16.6 Å². The summed E-state index contributed by atoms with van der Waals surface area (Å²) < 4.78 is 13.4. The molecule has 6 atom stereocenters. The lowest BCUT2D eigenvalue weighted by atomic mass is 9.38. The van der Waals surface area contributed by atoms with Crippen LogP contribution in [0.3, 0.4) is 0 Å². The highest BCUT2D eigenvalue weighted by Gasteiger charge is 2.66. The summed E-state index contributed by atoms with van der Waals surface area (Å²) in [5.41, 5.74) is 0.207. The van der Waals surface area contributed by atoms with Crippen LogP contribution in [-0.4, -0.2) is 28.8 Å². The van der Waals surface area contributed by atoms with E-state index in [9.17, 15) is 5.26 Å². The quantitative estimate of drug-likeness (QED) is 0.394. The zero-order chi connectivity index (χ0) is 23.5. The summed E-state index contributed by atoms with van der Waals surface area (Å²) in [6.07, 6.45) is 8.54. The van der Waals surface area contributed by atoms with Crippen molar-refractivity contribution in [3.8, 4) is 6.07 Å². The molecule has 3 rings (SSSR count). The topological polar surface area (TPSA) is 42.2 Å². The molecule has 3 nitrogen and oxygen atoms in total. The molecule has 0 unspecified atom stereocenters. The first-order valence-corrected chi connectivity index (χ1v) is 19.6. The summed E-state index contributed by atoms with van der Waals surface area (Å²) >= 11 is 0. The van der Waals surface area contributed by atoms with Gasteiger partial charge in [0.05, 0.1) is 6.07 Å². The third-order valence-electron chi connectivity index (χ3n) is 9.36. The molecule has 3 aliphatic carbocycles. The minimum atomic E-state index is -1.89. The number of fused-ring (bicyclic) bond motifs is 3. The fourth-order valence-corrected chi connectivity index (χ4v) is 10.4. The Hall–Kier alpha value is -0.156. The van der Waals surface area contributed by atoms with E-state index < -0.39 is 22.2 Å². The summed E-state index contributed by atoms with van der Waals surface area (Å²) in [7, 11) is -3.58. The first kappa shape index (κ1) is 25.5. The van der Waals surface area contributed by atoms with Gasteiger partial charge in [0.1, 0.15) is 5.60 Å². The summed E-state index contributed by atoms with van der Waals surface area (Å²) in [5.74, 6) is 1.60. The van der Waals surface area contributed by atoms with Crippen molar-refractivity contribution in [2.24, 2.45) is 34.0 Å². The molecule has 0 saturated heterocycles. The Morgan fingerprint density at radius 1 is 0.806 bits per heavy atom. The van der Waals surface area contributed by atoms with Gasteiger partial charge in [-0.05, 0) is 106 Å². The average molecular weight is 464 g/mol. The normalized spacial score (nSPS) is 42.9. The molecule has 0 amide bonds. The standard InChI is InChI=1S/C26H49NO2Si2/c1-23(2)14-11-15-24(3)20(23)12-16-25(4)21(24)13-17-26(19-27,29-31(8,9)10)22(25)18-28-30(5,6)7/h20-22H,11-18H2,1-10H3/t20-,21+,22+,24-,25+,26-/m0/s1. The predicted molar refractivity (Wildman–Crippen MR) is 135 cm³/mol. The molecule has 0 aliphatic heterocycles. The highest BCUT2D eigenvalue weighted by atomic mass is 28.4. The minimum absolute atomic E-state index is 0.103. The third-order valence-corrected chi connectivity index (χ3v) is 11.4. The van der Waals surface area contributed by atoms with E-state index in [2.05, 4.69) is 73.0 Å². The second-order valence-corrected chi connectivity index (χ2v) is 23.2. The van der Waals surface area contributed by atoms with Gasteiger partial charge in [-0.3, -0.25) is 0 Å². The van der Waals surface area contributed by atoms with Gasteiger partial charge in [0, 0.05) is 12.5 Å². The van der Waals surface area contributed by atoms with E-state index in [1.54, 1.807) is 0 Å². The SMILES string of the molecule is CC1(C)CCC[C@]2(C)[C@H]3CC[C@@](C#N)(O[Si](C)(C)C)[C@H](CO[Si](C)(C)C)[C@]3(C)CC[C@@H]12. The lowest BCUT2D eigenvalue weighted by Gasteiger charge is -2.67. The monoisotopic (exact) mass is 463 g/mol. The Morgan fingerprint density at radius 3 is 1.97 bits per heavy atom. The molecule has 0 aromatic heterocycles. The Bertz CT molecular complexity index is 718. The molecule has 5 heteroatoms. The Kier molecular flexibility index (Phi) is 6.54. The van der Waals surface area contributed by atoms with Gasteiger partial charge in [-0.25, -0.2) is 0 Å². The molecule has 0 bridgehead atoms. The highest BCUT2D eigenvalue weighted by Crippen LogP contribution is 2.70. The van der Waals surface area contributed by atoms with E-state index >= 15 is 0 Å². The molecule has 3 aliphatic rings. The van der Waals surface area contributed by atoms with Crippen LogP contribution in [0, 0.1) is 45.3 Å². The van der Waals surface area contributed by atoms with Crippen LogP contribution < -0.4 is 0 Å². The number of nitrogens with zero attached hydrogens (tertiary/aromatic N) is 1. The second kappa shape index (κ2) is 7.96. The van der Waals surface area contributed by atoms with Crippen LogP contribution in [-0.2, 0) is 8.85 Å². The van der Waals surface area contributed by atoms with Gasteiger partial charge < -0.3 is 8.85 Å². The van der Waals surface area contributed by atoms with Crippen LogP contribution in [0.2, 0.25) is 39.3 Å². The second-order valence-electron chi connectivity index (χ2n) is 14.2. The highest BCUT2D eigenvalue weighted by molar-refractivity contribution is 6.70. The third kappa shape index (κ3) is 4.61. The van der Waals surface area contributed by atoms with Gasteiger partial charge >= 0.3 is 0 Å². The van der Waals surface area contributed by atoms with Crippen LogP contribution in [0.5, 0.6) is 0 Å². The minimum Gasteiger partial charge on any atom is -0.417 e. The Labute approximate surface area is 194 Å². The first-order chi connectivity index (χ1) is 14.0. The van der Waals surface area contributed by atoms with Crippen LogP contribution in [0.25, 0.3) is 0 Å². The van der Waals surface area contributed by atoms with Gasteiger partial charge in [-0.1, -0.05) is 34.1 Å². The van der Waals surface area contributed by atoms with Crippen molar-refractivity contribution in [1.29, 1.82) is 5.26 Å². The molecule has 0 N–H and O–H groups in total. The van der Waals surface area contributed by atoms with Crippen LogP contribution in [0.4, 0.5) is 0 Å². The summed E-state index contributed by atoms with van der Waals surface area (Å²) in [6.45, 7) is 24.3. The van der Waals surface area contributed by atoms with Crippen LogP contribution in [0.1, 0.15) is 72.6 Å². The van der Waals surface area contributed by atoms with Gasteiger partial charge in [-0.15, -0.1) is 0 Å². The van der Waals surface area contributed by atoms with E-state index in [-0.39, 0.29) is 11.3 Å². The maximum absolute atomic E-state index is 10.6. The van der Waals surface area contributed by atoms with Crippen molar-refractivity contribution in [2.75, 3.05) is 6.61 Å². The number of hydrogen-bond donors (Lipinski definition) is 0. The lowest BCUT2D eigenvalue weighted by Crippen LogP contribution is -2.65. The van der Waals surface area contributed by atoms with Crippen molar-refractivity contribution in [3.05, 3.63) is 0 Å². The molecule has 0 radical (unpaired) electrons. The summed E-state index contributed by atoms with van der Waals surface area (Å²) in [5, 5.41) is 10.6. The number of rotatable bonds is 5. The largest absolute Gasteiger partial charge is 0.417 e. The fraction of sp³-hybridized carbons (Fsp3) is 0.962. The Balaban J connectivity index is 2.05. The molecule has 0 spiro atoms. The number of nitriles is 1. The zero-order valence-electron chi connectivity index (χ0n) is 22.2. The molecule has 178 valence electrons. The lowest BCUT2D eigenvalue weighted by molar-refractivity contribution is -0.202. The van der Waals surface area contributed by atoms with E-state index in [1.165, 1.54) is 32.1 Å². The van der Waals surface area contributed by atoms with E-state index in [4.69, 9.17) is 8.85 Å². The molecule has 3 fully saturated rings. The first-order valence-electron chi connectivity index (χ1n) is 12.7. The molecule has 0 heterocycles. The smallest absolute Gasteiger partial charge is 0.185 e. The van der Waals surface area contributed by atoms with Crippen molar-refractivity contribution in [3.63, 3.8) is 0 Å². The van der Waals surface area contributed by atoms with Gasteiger partial charge in [-0.2, -0.15) is 5.26 Å². The maximum Gasteiger partial charge on any atom is 0.185 e. The van der Waals surface area contributed by atoms with E-state index in [0.717, 1.165) is 18.8 Å². The fourth-order valence-electron chi connectivity index (χ4n) is 8.31. The molecule has 31 heavy (non-hydrogen) atoms. The molecule has 0 aromatic rings. The molecular weight excluding hydrogens is 414 g/mol. The number of hydrogen-bond acceptors (Lipinski definition) is 3. The van der Waals surface area contributed by atoms with Gasteiger partial charge in [0.15, 0.2) is 16.6 Å². The molecular formula is C26H49NO2Si2. The molecule has 0 aromatic carbocycles. The van der Waals surface area contributed by atoms with Crippen molar-refractivity contribution in [2.45, 2.75) is 118 Å². The van der Waals surface area contributed by atoms with E-state index in [1.807, 2.05) is 0 Å². The van der Waals surface area contributed by atoms with Crippen LogP contribution >= 0.6 is 0 Å². The van der Waals surface area contributed by atoms with Gasteiger partial charge in [0.2, 0.25) is 0 Å². The van der Waals surface area contributed by atoms with Crippen molar-refractivity contribution < 1.29 is 8.85 Å². The summed E-state index contributed by atoms with van der Waals surface area (Å²) in [4.78, 5) is 0. The summed E-state index contributed by atoms with van der Waals surface area (Å²) in [6, 6.07) is 2.77. The molecule has 3 saturated carbocycles. The predicted octanol–water partition coefficient (Wildman–Crippen LogP) is 7.61.